The minimum atomic E-state index is 0.0465. The van der Waals surface area contributed by atoms with Crippen LogP contribution < -0.4 is 9.64 Å². The number of imidazole rings is 1. The van der Waals surface area contributed by atoms with Gasteiger partial charge in [-0.2, -0.15) is 0 Å². The smallest absolute Gasteiger partial charge is 0.227 e. The normalized spacial score (nSPS) is 16.0. The summed E-state index contributed by atoms with van der Waals surface area (Å²) in [6.45, 7) is 8.06. The van der Waals surface area contributed by atoms with Crippen LogP contribution >= 0.6 is 0 Å². The number of aromatic nitrogens is 2. The van der Waals surface area contributed by atoms with Crippen LogP contribution in [0.25, 0.3) is 11.0 Å². The summed E-state index contributed by atoms with van der Waals surface area (Å²) >= 11 is 0. The van der Waals surface area contributed by atoms with Crippen LogP contribution in [-0.2, 0) is 11.3 Å². The van der Waals surface area contributed by atoms with Crippen LogP contribution in [0.15, 0.2) is 66.7 Å². The molecular formula is C28H29N3O2. The molecule has 0 saturated carbocycles. The van der Waals surface area contributed by atoms with E-state index < -0.39 is 0 Å². The highest BCUT2D eigenvalue weighted by Crippen LogP contribution is 2.34. The summed E-state index contributed by atoms with van der Waals surface area (Å²) in [4.78, 5) is 19.8. The Labute approximate surface area is 194 Å². The zero-order valence-corrected chi connectivity index (χ0v) is 19.4. The van der Waals surface area contributed by atoms with Crippen molar-refractivity contribution in [1.29, 1.82) is 0 Å². The second-order valence-electron chi connectivity index (χ2n) is 8.92. The summed E-state index contributed by atoms with van der Waals surface area (Å²) in [5, 5.41) is 0. The molecule has 1 aromatic heterocycles. The van der Waals surface area contributed by atoms with E-state index in [2.05, 4.69) is 55.7 Å². The molecule has 168 valence electrons. The van der Waals surface area contributed by atoms with E-state index in [0.717, 1.165) is 39.4 Å². The fourth-order valence-corrected chi connectivity index (χ4v) is 4.73. The standard InChI is InChI=1S/C28H29N3O2/c1-19-12-13-21(3)26(16-19)33-15-14-30-25-11-7-5-9-23(25)29-28(30)22-17-27(32)31(18-22)24-10-6-4-8-20(24)2/h4-13,16,22H,14-15,17-18H2,1-3H3. The first kappa shape index (κ1) is 21.3. The summed E-state index contributed by atoms with van der Waals surface area (Å²) in [6.07, 6.45) is 0.468. The Hall–Kier alpha value is -3.60. The Bertz CT molecular complexity index is 1320. The van der Waals surface area contributed by atoms with Crippen molar-refractivity contribution >= 4 is 22.6 Å². The second-order valence-corrected chi connectivity index (χ2v) is 8.92. The Morgan fingerprint density at radius 2 is 1.76 bits per heavy atom. The van der Waals surface area contributed by atoms with E-state index >= 15 is 0 Å². The maximum absolute atomic E-state index is 13.0. The molecule has 1 unspecified atom stereocenters. The van der Waals surface area contributed by atoms with E-state index in [1.807, 2.05) is 41.3 Å². The van der Waals surface area contributed by atoms with Gasteiger partial charge in [0.25, 0.3) is 0 Å². The third-order valence-electron chi connectivity index (χ3n) is 6.50. The van der Waals surface area contributed by atoms with Crippen molar-refractivity contribution in [2.75, 3.05) is 18.1 Å². The number of amides is 1. The van der Waals surface area contributed by atoms with Crippen molar-refractivity contribution in [2.45, 2.75) is 39.7 Å². The zero-order valence-electron chi connectivity index (χ0n) is 19.4. The molecule has 0 N–H and O–H groups in total. The average molecular weight is 440 g/mol. The van der Waals surface area contributed by atoms with Gasteiger partial charge in [-0.1, -0.05) is 42.5 Å². The summed E-state index contributed by atoms with van der Waals surface area (Å²) < 4.78 is 8.39. The fraction of sp³-hybridized carbons (Fsp3) is 0.286. The van der Waals surface area contributed by atoms with Crippen LogP contribution in [-0.4, -0.2) is 28.6 Å². The molecule has 1 fully saturated rings. The highest BCUT2D eigenvalue weighted by molar-refractivity contribution is 5.97. The Balaban J connectivity index is 1.42. The molecule has 1 aliphatic rings. The highest BCUT2D eigenvalue weighted by Gasteiger charge is 2.35. The predicted molar refractivity (Wildman–Crippen MR) is 132 cm³/mol. The lowest BCUT2D eigenvalue weighted by Crippen LogP contribution is -2.25. The maximum Gasteiger partial charge on any atom is 0.227 e. The molecule has 1 saturated heterocycles. The van der Waals surface area contributed by atoms with Gasteiger partial charge >= 0.3 is 0 Å². The fourth-order valence-electron chi connectivity index (χ4n) is 4.73. The van der Waals surface area contributed by atoms with E-state index in [-0.39, 0.29) is 11.8 Å². The summed E-state index contributed by atoms with van der Waals surface area (Å²) in [5.41, 5.74) is 6.46. The van der Waals surface area contributed by atoms with Crippen LogP contribution in [0.5, 0.6) is 5.75 Å². The van der Waals surface area contributed by atoms with Crippen molar-refractivity contribution in [3.8, 4) is 5.75 Å². The van der Waals surface area contributed by atoms with Crippen molar-refractivity contribution < 1.29 is 9.53 Å². The van der Waals surface area contributed by atoms with E-state index in [1.54, 1.807) is 0 Å². The van der Waals surface area contributed by atoms with E-state index in [4.69, 9.17) is 9.72 Å². The summed E-state index contributed by atoms with van der Waals surface area (Å²) in [6, 6.07) is 22.5. The summed E-state index contributed by atoms with van der Waals surface area (Å²) in [5.74, 6) is 2.08. The third-order valence-corrected chi connectivity index (χ3v) is 6.50. The van der Waals surface area contributed by atoms with Crippen molar-refractivity contribution in [3.05, 3.63) is 89.2 Å². The largest absolute Gasteiger partial charge is 0.491 e. The number of fused-ring (bicyclic) bond motifs is 1. The van der Waals surface area contributed by atoms with Gasteiger partial charge in [-0.25, -0.2) is 4.98 Å². The lowest BCUT2D eigenvalue weighted by molar-refractivity contribution is -0.117. The maximum atomic E-state index is 13.0. The topological polar surface area (TPSA) is 47.4 Å². The minimum Gasteiger partial charge on any atom is -0.491 e. The van der Waals surface area contributed by atoms with Gasteiger partial charge in [-0.05, 0) is 61.7 Å². The van der Waals surface area contributed by atoms with Crippen molar-refractivity contribution in [1.82, 2.24) is 9.55 Å². The monoisotopic (exact) mass is 439 g/mol. The molecule has 2 heterocycles. The molecule has 1 amide bonds. The van der Waals surface area contributed by atoms with Gasteiger partial charge in [0, 0.05) is 24.6 Å². The van der Waals surface area contributed by atoms with Crippen LogP contribution in [0.4, 0.5) is 5.69 Å². The SMILES string of the molecule is Cc1ccc(C)c(OCCn2c(C3CC(=O)N(c4ccccc4C)C3)nc3ccccc32)c1. The number of carbonyl (C=O) groups is 1. The van der Waals surface area contributed by atoms with Crippen molar-refractivity contribution in [2.24, 2.45) is 0 Å². The van der Waals surface area contributed by atoms with Gasteiger partial charge in [0.15, 0.2) is 0 Å². The molecule has 1 atom stereocenters. The molecule has 1 aliphatic heterocycles. The first-order chi connectivity index (χ1) is 16.0. The van der Waals surface area contributed by atoms with Crippen LogP contribution in [0.1, 0.15) is 34.9 Å². The highest BCUT2D eigenvalue weighted by atomic mass is 16.5. The molecule has 4 aromatic rings. The number of ether oxygens (including phenoxy) is 1. The molecule has 0 radical (unpaired) electrons. The van der Waals surface area contributed by atoms with Gasteiger partial charge in [0.05, 0.1) is 17.6 Å². The molecule has 5 nitrogen and oxygen atoms in total. The number of para-hydroxylation sites is 3. The number of rotatable bonds is 6. The number of carbonyl (C=O) groups excluding carboxylic acids is 1. The second kappa shape index (κ2) is 8.74. The number of nitrogens with zero attached hydrogens (tertiary/aromatic N) is 3. The number of hydrogen-bond donors (Lipinski definition) is 0. The van der Waals surface area contributed by atoms with E-state index in [0.29, 0.717) is 26.1 Å². The quantitative estimate of drug-likeness (QED) is 0.395. The van der Waals surface area contributed by atoms with Crippen molar-refractivity contribution in [3.63, 3.8) is 0 Å². The molecule has 3 aromatic carbocycles. The van der Waals surface area contributed by atoms with Gasteiger partial charge in [0.2, 0.25) is 5.91 Å². The number of benzene rings is 3. The Morgan fingerprint density at radius 1 is 0.970 bits per heavy atom. The lowest BCUT2D eigenvalue weighted by atomic mass is 10.1. The molecule has 5 heteroatoms. The van der Waals surface area contributed by atoms with Crippen LogP contribution in [0, 0.1) is 20.8 Å². The molecular weight excluding hydrogens is 410 g/mol. The lowest BCUT2D eigenvalue weighted by Gasteiger charge is -2.19. The average Bonchev–Trinajstić information content (AvgIpc) is 3.37. The first-order valence-electron chi connectivity index (χ1n) is 11.5. The molecule has 0 spiro atoms. The van der Waals surface area contributed by atoms with Gasteiger partial charge < -0.3 is 14.2 Å². The molecule has 0 bridgehead atoms. The molecule has 0 aliphatic carbocycles. The van der Waals surface area contributed by atoms with Crippen LogP contribution in [0.3, 0.4) is 0 Å². The van der Waals surface area contributed by atoms with Gasteiger partial charge in [-0.3, -0.25) is 4.79 Å². The summed E-state index contributed by atoms with van der Waals surface area (Å²) in [7, 11) is 0. The predicted octanol–water partition coefficient (Wildman–Crippen LogP) is 5.56. The van der Waals surface area contributed by atoms with Gasteiger partial charge in [-0.15, -0.1) is 0 Å². The molecule has 5 rings (SSSR count). The Morgan fingerprint density at radius 3 is 2.61 bits per heavy atom. The van der Waals surface area contributed by atoms with E-state index in [9.17, 15) is 4.79 Å². The number of hydrogen-bond acceptors (Lipinski definition) is 3. The third kappa shape index (κ3) is 4.11. The number of aryl methyl sites for hydroxylation is 3. The minimum absolute atomic E-state index is 0.0465. The Kier molecular flexibility index (Phi) is 5.63. The zero-order chi connectivity index (χ0) is 22.9. The number of anilines is 1. The van der Waals surface area contributed by atoms with Crippen LogP contribution in [0.2, 0.25) is 0 Å². The first-order valence-corrected chi connectivity index (χ1v) is 11.5. The van der Waals surface area contributed by atoms with Gasteiger partial charge in [0.1, 0.15) is 18.2 Å². The molecule has 33 heavy (non-hydrogen) atoms. The van der Waals surface area contributed by atoms with E-state index in [1.165, 1.54) is 5.56 Å².